The van der Waals surface area contributed by atoms with Gasteiger partial charge in [-0.1, -0.05) is 36.4 Å². The van der Waals surface area contributed by atoms with Crippen LogP contribution in [0.4, 0.5) is 0 Å². The van der Waals surface area contributed by atoms with Gasteiger partial charge < -0.3 is 15.0 Å². The maximum absolute atomic E-state index is 13.2. The molecule has 2 amide bonds. The van der Waals surface area contributed by atoms with Crippen molar-refractivity contribution in [3.8, 4) is 0 Å². The predicted molar refractivity (Wildman–Crippen MR) is 107 cm³/mol. The topological polar surface area (TPSA) is 75.7 Å². The second-order valence-corrected chi connectivity index (χ2v) is 7.80. The number of carbonyl (C=O) groups excluding carboxylic acids is 3. The normalized spacial score (nSPS) is 17.6. The molecule has 0 aliphatic carbocycles. The summed E-state index contributed by atoms with van der Waals surface area (Å²) in [4.78, 5) is 39.3. The molecule has 1 fully saturated rings. The van der Waals surface area contributed by atoms with E-state index in [1.54, 1.807) is 11.0 Å². The van der Waals surface area contributed by atoms with E-state index in [0.717, 1.165) is 18.4 Å². The number of hydrogen-bond acceptors (Lipinski definition) is 5. The quantitative estimate of drug-likeness (QED) is 0.757. The van der Waals surface area contributed by atoms with Gasteiger partial charge in [0.05, 0.1) is 11.4 Å². The maximum atomic E-state index is 13.2. The van der Waals surface area contributed by atoms with Crippen LogP contribution in [0.2, 0.25) is 0 Å². The number of nitrogens with zero attached hydrogens (tertiary/aromatic N) is 1. The molecule has 2 heterocycles. The summed E-state index contributed by atoms with van der Waals surface area (Å²) in [5.41, 5.74) is 0.973. The number of piperidine rings is 1. The maximum Gasteiger partial charge on any atom is 0.302 e. The van der Waals surface area contributed by atoms with Gasteiger partial charge in [0.15, 0.2) is 0 Å². The molecular weight excluding hydrogens is 376 g/mol. The fourth-order valence-electron chi connectivity index (χ4n) is 3.38. The van der Waals surface area contributed by atoms with Gasteiger partial charge in [-0.15, -0.1) is 11.3 Å². The fourth-order valence-corrected chi connectivity index (χ4v) is 4.00. The van der Waals surface area contributed by atoms with Crippen LogP contribution >= 0.6 is 11.3 Å². The Morgan fingerprint density at radius 1 is 1.21 bits per heavy atom. The fraction of sp³-hybridized carbons (Fsp3) is 0.381. The molecular formula is C21H24N2O4S. The second kappa shape index (κ2) is 9.50. The number of nitrogens with one attached hydrogen (secondary N) is 1. The number of benzene rings is 1. The second-order valence-electron chi connectivity index (χ2n) is 6.85. The highest BCUT2D eigenvalue weighted by Gasteiger charge is 2.31. The largest absolute Gasteiger partial charge is 0.461 e. The van der Waals surface area contributed by atoms with Crippen LogP contribution in [-0.2, 0) is 20.7 Å². The van der Waals surface area contributed by atoms with Gasteiger partial charge in [-0.25, -0.2) is 0 Å². The van der Waals surface area contributed by atoms with Gasteiger partial charge >= 0.3 is 5.97 Å². The summed E-state index contributed by atoms with van der Waals surface area (Å²) in [7, 11) is 0. The number of rotatable bonds is 6. The molecule has 0 radical (unpaired) electrons. The summed E-state index contributed by atoms with van der Waals surface area (Å²) in [5, 5.41) is 4.72. The zero-order valence-corrected chi connectivity index (χ0v) is 16.6. The highest BCUT2D eigenvalue weighted by Crippen LogP contribution is 2.17. The highest BCUT2D eigenvalue weighted by molar-refractivity contribution is 7.12. The molecule has 148 valence electrons. The average molecular weight is 401 g/mol. The molecule has 0 unspecified atom stereocenters. The Balaban J connectivity index is 1.73. The van der Waals surface area contributed by atoms with Crippen LogP contribution in [0.3, 0.4) is 0 Å². The zero-order chi connectivity index (χ0) is 19.9. The molecule has 1 aromatic heterocycles. The molecule has 1 aliphatic heterocycles. The Kier molecular flexibility index (Phi) is 6.81. The summed E-state index contributed by atoms with van der Waals surface area (Å²) in [5.74, 6) is -0.741. The minimum atomic E-state index is -0.673. The smallest absolute Gasteiger partial charge is 0.302 e. The summed E-state index contributed by atoms with van der Waals surface area (Å²) in [6, 6.07) is 12.5. The van der Waals surface area contributed by atoms with Crippen molar-refractivity contribution >= 4 is 29.1 Å². The van der Waals surface area contributed by atoms with E-state index in [2.05, 4.69) is 5.32 Å². The summed E-state index contributed by atoms with van der Waals surface area (Å²) < 4.78 is 5.29. The van der Waals surface area contributed by atoms with Crippen molar-refractivity contribution in [2.45, 2.75) is 38.3 Å². The number of ether oxygens (including phenoxy) is 1. The van der Waals surface area contributed by atoms with E-state index in [9.17, 15) is 14.4 Å². The van der Waals surface area contributed by atoms with Crippen LogP contribution in [0.25, 0.3) is 0 Å². The van der Waals surface area contributed by atoms with Crippen molar-refractivity contribution < 1.29 is 19.1 Å². The molecule has 2 atom stereocenters. The minimum absolute atomic E-state index is 0.148. The predicted octanol–water partition coefficient (Wildman–Crippen LogP) is 2.64. The highest BCUT2D eigenvalue weighted by atomic mass is 32.1. The van der Waals surface area contributed by atoms with Crippen molar-refractivity contribution in [2.24, 2.45) is 0 Å². The molecule has 2 aromatic rings. The van der Waals surface area contributed by atoms with Crippen molar-refractivity contribution in [3.63, 3.8) is 0 Å². The van der Waals surface area contributed by atoms with Crippen LogP contribution in [0, 0.1) is 0 Å². The van der Waals surface area contributed by atoms with Crippen LogP contribution < -0.4 is 5.32 Å². The molecule has 6 nitrogen and oxygen atoms in total. The monoisotopic (exact) mass is 400 g/mol. The van der Waals surface area contributed by atoms with Gasteiger partial charge in [0.2, 0.25) is 5.91 Å². The third kappa shape index (κ3) is 5.42. The van der Waals surface area contributed by atoms with Crippen molar-refractivity contribution in [1.82, 2.24) is 10.2 Å². The van der Waals surface area contributed by atoms with Gasteiger partial charge in [-0.3, -0.25) is 14.4 Å². The van der Waals surface area contributed by atoms with Crippen LogP contribution in [-0.4, -0.2) is 47.9 Å². The molecule has 0 bridgehead atoms. The van der Waals surface area contributed by atoms with E-state index >= 15 is 0 Å². The summed E-state index contributed by atoms with van der Waals surface area (Å²) in [6.45, 7) is 2.33. The van der Waals surface area contributed by atoms with E-state index in [4.69, 9.17) is 4.74 Å². The zero-order valence-electron chi connectivity index (χ0n) is 15.8. The van der Waals surface area contributed by atoms with Crippen LogP contribution in [0.1, 0.15) is 35.0 Å². The van der Waals surface area contributed by atoms with Gasteiger partial charge in [-0.05, 0) is 29.9 Å². The first-order valence-electron chi connectivity index (χ1n) is 9.37. The molecule has 1 N–H and O–H groups in total. The van der Waals surface area contributed by atoms with Gasteiger partial charge in [-0.2, -0.15) is 0 Å². The number of thiophene rings is 1. The molecule has 1 saturated heterocycles. The molecule has 1 aromatic carbocycles. The van der Waals surface area contributed by atoms with Gasteiger partial charge in [0.1, 0.15) is 12.1 Å². The summed E-state index contributed by atoms with van der Waals surface area (Å²) >= 11 is 1.34. The van der Waals surface area contributed by atoms with E-state index in [-0.39, 0.29) is 23.9 Å². The Morgan fingerprint density at radius 2 is 2.00 bits per heavy atom. The Hall–Kier alpha value is -2.67. The Bertz CT molecular complexity index is 807. The SMILES string of the molecule is CC(=O)O[C@@H]1CCCN(C(=O)[C@@H](Cc2ccccc2)NC(=O)c2cccs2)C1. The van der Waals surface area contributed by atoms with Crippen LogP contribution in [0.5, 0.6) is 0 Å². The van der Waals surface area contributed by atoms with E-state index in [1.165, 1.54) is 18.3 Å². The lowest BCUT2D eigenvalue weighted by Crippen LogP contribution is -2.53. The lowest BCUT2D eigenvalue weighted by molar-refractivity contribution is -0.152. The third-order valence-corrected chi connectivity index (χ3v) is 5.52. The van der Waals surface area contributed by atoms with Gasteiger partial charge in [0.25, 0.3) is 5.91 Å². The Labute approximate surface area is 168 Å². The number of hydrogen-bond donors (Lipinski definition) is 1. The number of likely N-dealkylation sites (tertiary alicyclic amines) is 1. The first-order valence-corrected chi connectivity index (χ1v) is 10.2. The molecule has 28 heavy (non-hydrogen) atoms. The van der Waals surface area contributed by atoms with Crippen LogP contribution in [0.15, 0.2) is 47.8 Å². The standard InChI is InChI=1S/C21H24N2O4S/c1-15(24)27-17-9-5-11-23(14-17)21(26)18(13-16-7-3-2-4-8-16)22-20(25)19-10-6-12-28-19/h2-4,6-8,10,12,17-18H,5,9,11,13-14H2,1H3,(H,22,25)/t17-,18-/m1/s1. The number of carbonyl (C=O) groups is 3. The Morgan fingerprint density at radius 3 is 2.68 bits per heavy atom. The minimum Gasteiger partial charge on any atom is -0.461 e. The van der Waals surface area contributed by atoms with Crippen molar-refractivity contribution in [1.29, 1.82) is 0 Å². The molecule has 0 saturated carbocycles. The van der Waals surface area contributed by atoms with Crippen molar-refractivity contribution in [3.05, 3.63) is 58.3 Å². The molecule has 1 aliphatic rings. The van der Waals surface area contributed by atoms with E-state index in [1.807, 2.05) is 41.8 Å². The number of esters is 1. The first kappa shape index (κ1) is 20.1. The third-order valence-electron chi connectivity index (χ3n) is 4.65. The van der Waals surface area contributed by atoms with E-state index < -0.39 is 6.04 Å². The lowest BCUT2D eigenvalue weighted by Gasteiger charge is -2.34. The van der Waals surface area contributed by atoms with Crippen molar-refractivity contribution in [2.75, 3.05) is 13.1 Å². The lowest BCUT2D eigenvalue weighted by atomic mass is 10.0. The molecule has 3 rings (SSSR count). The molecule has 0 spiro atoms. The number of amides is 2. The van der Waals surface area contributed by atoms with Gasteiger partial charge in [0, 0.05) is 19.9 Å². The average Bonchev–Trinajstić information content (AvgIpc) is 3.22. The first-order chi connectivity index (χ1) is 13.5. The molecule has 7 heteroatoms. The summed E-state index contributed by atoms with van der Waals surface area (Å²) in [6.07, 6.45) is 1.63. The van der Waals surface area contributed by atoms with E-state index in [0.29, 0.717) is 24.4 Å².